The van der Waals surface area contributed by atoms with E-state index in [0.29, 0.717) is 11.5 Å². The maximum atomic E-state index is 8.86. The van der Waals surface area contributed by atoms with Crippen molar-refractivity contribution in [3.8, 4) is 6.07 Å². The summed E-state index contributed by atoms with van der Waals surface area (Å²) in [5.74, 6) is 1.53. The zero-order valence-corrected chi connectivity index (χ0v) is 9.64. The van der Waals surface area contributed by atoms with Gasteiger partial charge in [0, 0.05) is 32.2 Å². The second kappa shape index (κ2) is 4.45. The van der Waals surface area contributed by atoms with Crippen molar-refractivity contribution in [3.63, 3.8) is 0 Å². The summed E-state index contributed by atoms with van der Waals surface area (Å²) in [6.45, 7) is 5.80. The van der Waals surface area contributed by atoms with Crippen molar-refractivity contribution in [2.45, 2.75) is 6.92 Å². The summed E-state index contributed by atoms with van der Waals surface area (Å²) in [5, 5.41) is 8.86. The third kappa shape index (κ3) is 2.28. The highest BCUT2D eigenvalue weighted by atomic mass is 15.3. The SMILES string of the molecule is Cc1nc(C#N)cc(N2CCN(C)CC2)n1. The molecule has 0 aromatic carbocycles. The van der Waals surface area contributed by atoms with Gasteiger partial charge in [0.15, 0.2) is 0 Å². The largest absolute Gasteiger partial charge is 0.354 e. The van der Waals surface area contributed by atoms with Crippen molar-refractivity contribution in [2.75, 3.05) is 38.1 Å². The van der Waals surface area contributed by atoms with Crippen LogP contribution < -0.4 is 4.90 Å². The summed E-state index contributed by atoms with van der Waals surface area (Å²) in [6, 6.07) is 3.83. The van der Waals surface area contributed by atoms with Crippen LogP contribution in [-0.2, 0) is 0 Å². The van der Waals surface area contributed by atoms with Crippen molar-refractivity contribution in [3.05, 3.63) is 17.6 Å². The number of aryl methyl sites for hydroxylation is 1. The number of anilines is 1. The Labute approximate surface area is 95.3 Å². The lowest BCUT2D eigenvalue weighted by molar-refractivity contribution is 0.312. The van der Waals surface area contributed by atoms with E-state index in [1.165, 1.54) is 0 Å². The molecular formula is C11H15N5. The molecule has 0 amide bonds. The molecule has 1 aromatic heterocycles. The lowest BCUT2D eigenvalue weighted by Crippen LogP contribution is -2.44. The Balaban J connectivity index is 2.20. The summed E-state index contributed by atoms with van der Waals surface area (Å²) in [4.78, 5) is 12.9. The monoisotopic (exact) mass is 217 g/mol. The lowest BCUT2D eigenvalue weighted by atomic mass is 10.3. The Hall–Kier alpha value is -1.67. The van der Waals surface area contributed by atoms with E-state index in [0.717, 1.165) is 32.0 Å². The lowest BCUT2D eigenvalue weighted by Gasteiger charge is -2.33. The van der Waals surface area contributed by atoms with E-state index in [9.17, 15) is 0 Å². The normalized spacial score (nSPS) is 17.2. The zero-order chi connectivity index (χ0) is 11.5. The van der Waals surface area contributed by atoms with Crippen LogP contribution in [0.3, 0.4) is 0 Å². The third-order valence-electron chi connectivity index (χ3n) is 2.77. The number of nitrogens with zero attached hydrogens (tertiary/aromatic N) is 5. The number of aromatic nitrogens is 2. The molecule has 5 heteroatoms. The summed E-state index contributed by atoms with van der Waals surface area (Å²) < 4.78 is 0. The highest BCUT2D eigenvalue weighted by molar-refractivity contribution is 5.43. The standard InChI is InChI=1S/C11H15N5/c1-9-13-10(8-12)7-11(14-9)16-5-3-15(2)4-6-16/h7H,3-6H2,1-2H3. The van der Waals surface area contributed by atoms with Gasteiger partial charge in [0.2, 0.25) is 0 Å². The van der Waals surface area contributed by atoms with Crippen LogP contribution in [0.5, 0.6) is 0 Å². The van der Waals surface area contributed by atoms with Crippen LogP contribution >= 0.6 is 0 Å². The molecule has 0 saturated carbocycles. The van der Waals surface area contributed by atoms with Crippen molar-refractivity contribution in [2.24, 2.45) is 0 Å². The maximum absolute atomic E-state index is 8.86. The van der Waals surface area contributed by atoms with Gasteiger partial charge in [-0.15, -0.1) is 0 Å². The molecular weight excluding hydrogens is 202 g/mol. The fourth-order valence-corrected chi connectivity index (χ4v) is 1.81. The van der Waals surface area contributed by atoms with E-state index < -0.39 is 0 Å². The van der Waals surface area contributed by atoms with Crippen molar-refractivity contribution in [1.29, 1.82) is 5.26 Å². The number of hydrogen-bond donors (Lipinski definition) is 0. The smallest absolute Gasteiger partial charge is 0.146 e. The predicted molar refractivity (Wildman–Crippen MR) is 61.2 cm³/mol. The molecule has 1 aromatic rings. The van der Waals surface area contributed by atoms with Crippen LogP contribution in [-0.4, -0.2) is 48.1 Å². The number of nitriles is 1. The number of rotatable bonds is 1. The first-order valence-electron chi connectivity index (χ1n) is 5.38. The van der Waals surface area contributed by atoms with E-state index in [1.54, 1.807) is 6.07 Å². The molecule has 1 fully saturated rings. The fourth-order valence-electron chi connectivity index (χ4n) is 1.81. The first-order valence-corrected chi connectivity index (χ1v) is 5.38. The van der Waals surface area contributed by atoms with Crippen molar-refractivity contribution in [1.82, 2.24) is 14.9 Å². The average molecular weight is 217 g/mol. The molecule has 1 aliphatic rings. The Kier molecular flexibility index (Phi) is 3.02. The summed E-state index contributed by atoms with van der Waals surface area (Å²) in [5.41, 5.74) is 0.446. The maximum Gasteiger partial charge on any atom is 0.146 e. The molecule has 1 aliphatic heterocycles. The van der Waals surface area contributed by atoms with Crippen LogP contribution in [0, 0.1) is 18.3 Å². The van der Waals surface area contributed by atoms with Crippen molar-refractivity contribution < 1.29 is 0 Å². The third-order valence-corrected chi connectivity index (χ3v) is 2.77. The number of likely N-dealkylation sites (N-methyl/N-ethyl adjacent to an activating group) is 1. The highest BCUT2D eigenvalue weighted by Crippen LogP contribution is 2.14. The van der Waals surface area contributed by atoms with E-state index in [1.807, 2.05) is 6.92 Å². The molecule has 84 valence electrons. The topological polar surface area (TPSA) is 56.1 Å². The molecule has 5 nitrogen and oxygen atoms in total. The van der Waals surface area contributed by atoms with Crippen LogP contribution in [0.15, 0.2) is 6.07 Å². The number of piperazine rings is 1. The Morgan fingerprint density at radius 1 is 1.25 bits per heavy atom. The minimum absolute atomic E-state index is 0.446. The van der Waals surface area contributed by atoms with Crippen LogP contribution in [0.25, 0.3) is 0 Å². The van der Waals surface area contributed by atoms with Crippen LogP contribution in [0.1, 0.15) is 11.5 Å². The molecule has 0 unspecified atom stereocenters. The first kappa shape index (κ1) is 10.8. The first-order chi connectivity index (χ1) is 7.69. The van der Waals surface area contributed by atoms with E-state index in [2.05, 4.69) is 32.9 Å². The minimum atomic E-state index is 0.446. The average Bonchev–Trinajstić information content (AvgIpc) is 2.29. The van der Waals surface area contributed by atoms with Gasteiger partial charge < -0.3 is 9.80 Å². The Morgan fingerprint density at radius 2 is 1.94 bits per heavy atom. The molecule has 16 heavy (non-hydrogen) atoms. The van der Waals surface area contributed by atoms with Gasteiger partial charge in [-0.2, -0.15) is 5.26 Å². The molecule has 0 N–H and O–H groups in total. The molecule has 2 heterocycles. The van der Waals surface area contributed by atoms with Gasteiger partial charge in [-0.3, -0.25) is 0 Å². The molecule has 1 saturated heterocycles. The zero-order valence-electron chi connectivity index (χ0n) is 9.64. The van der Waals surface area contributed by atoms with Gasteiger partial charge in [0.1, 0.15) is 23.4 Å². The van der Waals surface area contributed by atoms with E-state index >= 15 is 0 Å². The van der Waals surface area contributed by atoms with E-state index in [4.69, 9.17) is 5.26 Å². The second-order valence-electron chi connectivity index (χ2n) is 4.06. The molecule has 0 aliphatic carbocycles. The highest BCUT2D eigenvalue weighted by Gasteiger charge is 2.16. The van der Waals surface area contributed by atoms with Gasteiger partial charge in [-0.05, 0) is 14.0 Å². The van der Waals surface area contributed by atoms with Gasteiger partial charge >= 0.3 is 0 Å². The predicted octanol–water partition coefficient (Wildman–Crippen LogP) is 0.408. The van der Waals surface area contributed by atoms with Gasteiger partial charge in [-0.25, -0.2) is 9.97 Å². The van der Waals surface area contributed by atoms with Crippen LogP contribution in [0.2, 0.25) is 0 Å². The minimum Gasteiger partial charge on any atom is -0.354 e. The molecule has 0 radical (unpaired) electrons. The van der Waals surface area contributed by atoms with Crippen LogP contribution in [0.4, 0.5) is 5.82 Å². The van der Waals surface area contributed by atoms with E-state index in [-0.39, 0.29) is 0 Å². The number of hydrogen-bond acceptors (Lipinski definition) is 5. The fraction of sp³-hybridized carbons (Fsp3) is 0.545. The second-order valence-corrected chi connectivity index (χ2v) is 4.06. The summed E-state index contributed by atoms with van der Waals surface area (Å²) in [7, 11) is 2.11. The van der Waals surface area contributed by atoms with Gasteiger partial charge in [-0.1, -0.05) is 0 Å². The van der Waals surface area contributed by atoms with Gasteiger partial charge in [0.25, 0.3) is 0 Å². The molecule has 0 bridgehead atoms. The molecule has 0 atom stereocenters. The van der Waals surface area contributed by atoms with Crippen molar-refractivity contribution >= 4 is 5.82 Å². The Morgan fingerprint density at radius 3 is 2.56 bits per heavy atom. The summed E-state index contributed by atoms with van der Waals surface area (Å²) >= 11 is 0. The quantitative estimate of drug-likeness (QED) is 0.682. The van der Waals surface area contributed by atoms with Gasteiger partial charge in [0.05, 0.1) is 0 Å². The molecule has 0 spiro atoms. The summed E-state index contributed by atoms with van der Waals surface area (Å²) in [6.07, 6.45) is 0. The molecule has 2 rings (SSSR count). The Bertz CT molecular complexity index is 415.